The molecule has 1 aromatic heterocycles. The zero-order valence-electron chi connectivity index (χ0n) is 12.7. The minimum atomic E-state index is -4.55. The molecule has 1 aromatic carbocycles. The Bertz CT molecular complexity index is 693. The number of furan rings is 1. The van der Waals surface area contributed by atoms with Crippen molar-refractivity contribution in [3.63, 3.8) is 0 Å². The molecule has 0 fully saturated rings. The van der Waals surface area contributed by atoms with Crippen molar-refractivity contribution >= 4 is 11.9 Å². The molecule has 24 heavy (non-hydrogen) atoms. The number of halogens is 3. The quantitative estimate of drug-likeness (QED) is 0.783. The van der Waals surface area contributed by atoms with Crippen LogP contribution >= 0.6 is 0 Å². The van der Waals surface area contributed by atoms with Gasteiger partial charge in [-0.15, -0.1) is 0 Å². The Morgan fingerprint density at radius 1 is 1.12 bits per heavy atom. The topological polar surface area (TPSA) is 59.8 Å². The van der Waals surface area contributed by atoms with E-state index in [4.69, 9.17) is 4.42 Å². The van der Waals surface area contributed by atoms with E-state index in [0.29, 0.717) is 4.90 Å². The first kappa shape index (κ1) is 17.6. The number of rotatable bonds is 5. The highest BCUT2D eigenvalue weighted by atomic mass is 19.4. The fraction of sp³-hybridized carbons (Fsp3) is 0.250. The number of carbonyl (C=O) groups is 2. The zero-order valence-corrected chi connectivity index (χ0v) is 12.7. The molecule has 2 aromatic rings. The SMILES string of the molecule is COC(=O)c1ccc(C(=O)N(Cc2ccco2)CC(F)(F)F)cc1. The van der Waals surface area contributed by atoms with Crippen molar-refractivity contribution in [2.45, 2.75) is 12.7 Å². The summed E-state index contributed by atoms with van der Waals surface area (Å²) < 4.78 is 47.8. The Morgan fingerprint density at radius 3 is 2.25 bits per heavy atom. The van der Waals surface area contributed by atoms with Crippen molar-refractivity contribution < 1.29 is 31.9 Å². The average Bonchev–Trinajstić information content (AvgIpc) is 3.04. The van der Waals surface area contributed by atoms with Gasteiger partial charge in [0.1, 0.15) is 12.3 Å². The average molecular weight is 341 g/mol. The highest BCUT2D eigenvalue weighted by Gasteiger charge is 2.33. The molecular formula is C16H14F3NO4. The number of methoxy groups -OCH3 is 1. The van der Waals surface area contributed by atoms with E-state index in [-0.39, 0.29) is 23.4 Å². The Morgan fingerprint density at radius 2 is 1.75 bits per heavy atom. The van der Waals surface area contributed by atoms with Crippen LogP contribution in [-0.2, 0) is 11.3 Å². The lowest BCUT2D eigenvalue weighted by atomic mass is 10.1. The number of carbonyl (C=O) groups excluding carboxylic acids is 2. The van der Waals surface area contributed by atoms with Crippen molar-refractivity contribution in [2.75, 3.05) is 13.7 Å². The molecule has 1 heterocycles. The third-order valence-electron chi connectivity index (χ3n) is 3.14. The lowest BCUT2D eigenvalue weighted by molar-refractivity contribution is -0.142. The first-order valence-corrected chi connectivity index (χ1v) is 6.87. The van der Waals surface area contributed by atoms with Gasteiger partial charge in [0.2, 0.25) is 0 Å². The standard InChI is InChI=1S/C16H14F3NO4/c1-23-15(22)12-6-4-11(5-7-12)14(21)20(10-16(17,18)19)9-13-3-2-8-24-13/h2-8H,9-10H2,1H3. The van der Waals surface area contributed by atoms with Crippen molar-refractivity contribution in [1.29, 1.82) is 0 Å². The van der Waals surface area contributed by atoms with Gasteiger partial charge in [0.25, 0.3) is 5.91 Å². The minimum absolute atomic E-state index is 0.0264. The molecule has 0 atom stereocenters. The second-order valence-corrected chi connectivity index (χ2v) is 4.92. The van der Waals surface area contributed by atoms with Crippen molar-refractivity contribution in [3.05, 3.63) is 59.5 Å². The van der Waals surface area contributed by atoms with Crippen LogP contribution in [0.4, 0.5) is 13.2 Å². The molecule has 0 aliphatic heterocycles. The van der Waals surface area contributed by atoms with Gasteiger partial charge < -0.3 is 14.1 Å². The Hall–Kier alpha value is -2.77. The molecule has 0 aliphatic rings. The Balaban J connectivity index is 2.21. The van der Waals surface area contributed by atoms with E-state index in [1.165, 1.54) is 49.8 Å². The van der Waals surface area contributed by atoms with Gasteiger partial charge in [0, 0.05) is 5.56 Å². The smallest absolute Gasteiger partial charge is 0.406 e. The summed E-state index contributed by atoms with van der Waals surface area (Å²) in [6.45, 7) is -1.73. The molecule has 1 amide bonds. The van der Waals surface area contributed by atoms with Crippen LogP contribution in [0, 0.1) is 0 Å². The zero-order chi connectivity index (χ0) is 17.7. The van der Waals surface area contributed by atoms with Crippen molar-refractivity contribution in [2.24, 2.45) is 0 Å². The molecule has 0 N–H and O–H groups in total. The maximum Gasteiger partial charge on any atom is 0.406 e. The molecular weight excluding hydrogens is 327 g/mol. The van der Waals surface area contributed by atoms with E-state index in [0.717, 1.165) is 0 Å². The lowest BCUT2D eigenvalue weighted by Gasteiger charge is -2.23. The number of amides is 1. The molecule has 0 unspecified atom stereocenters. The first-order valence-electron chi connectivity index (χ1n) is 6.87. The summed E-state index contributed by atoms with van der Waals surface area (Å²) >= 11 is 0. The lowest BCUT2D eigenvalue weighted by Crippen LogP contribution is -2.38. The summed E-state index contributed by atoms with van der Waals surface area (Å²) in [4.78, 5) is 24.3. The van der Waals surface area contributed by atoms with Gasteiger partial charge in [-0.05, 0) is 36.4 Å². The second kappa shape index (κ2) is 7.20. The number of hydrogen-bond acceptors (Lipinski definition) is 4. The van der Waals surface area contributed by atoms with E-state index in [1.54, 1.807) is 0 Å². The van der Waals surface area contributed by atoms with Gasteiger partial charge in [-0.1, -0.05) is 0 Å². The molecule has 0 spiro atoms. The number of nitrogens with zero attached hydrogens (tertiary/aromatic N) is 1. The summed E-state index contributed by atoms with van der Waals surface area (Å²) in [5.74, 6) is -1.18. The molecule has 0 radical (unpaired) electrons. The van der Waals surface area contributed by atoms with Crippen LogP contribution < -0.4 is 0 Å². The van der Waals surface area contributed by atoms with E-state index in [9.17, 15) is 22.8 Å². The number of benzene rings is 1. The van der Waals surface area contributed by atoms with Gasteiger partial charge in [-0.3, -0.25) is 4.79 Å². The van der Waals surface area contributed by atoms with Gasteiger partial charge in [-0.25, -0.2) is 4.79 Å². The molecule has 8 heteroatoms. The van der Waals surface area contributed by atoms with E-state index < -0.39 is 24.6 Å². The maximum absolute atomic E-state index is 12.7. The van der Waals surface area contributed by atoms with Gasteiger partial charge >= 0.3 is 12.1 Å². The summed E-state index contributed by atoms with van der Waals surface area (Å²) in [5.41, 5.74) is 0.223. The van der Waals surface area contributed by atoms with Crippen LogP contribution in [0.15, 0.2) is 47.1 Å². The third kappa shape index (κ3) is 4.61. The van der Waals surface area contributed by atoms with Crippen LogP contribution in [0.2, 0.25) is 0 Å². The summed E-state index contributed by atoms with van der Waals surface area (Å²) in [7, 11) is 1.20. The van der Waals surface area contributed by atoms with Crippen molar-refractivity contribution in [3.8, 4) is 0 Å². The molecule has 0 saturated heterocycles. The van der Waals surface area contributed by atoms with Crippen LogP contribution in [0.3, 0.4) is 0 Å². The monoisotopic (exact) mass is 341 g/mol. The molecule has 0 bridgehead atoms. The van der Waals surface area contributed by atoms with E-state index >= 15 is 0 Å². The Kier molecular flexibility index (Phi) is 5.28. The van der Waals surface area contributed by atoms with E-state index in [1.807, 2.05) is 0 Å². The summed E-state index contributed by atoms with van der Waals surface area (Å²) in [5, 5.41) is 0. The maximum atomic E-state index is 12.7. The number of ether oxygens (including phenoxy) is 1. The summed E-state index contributed by atoms with van der Waals surface area (Å²) in [6, 6.07) is 8.20. The van der Waals surface area contributed by atoms with Crippen LogP contribution in [0.5, 0.6) is 0 Å². The fourth-order valence-corrected chi connectivity index (χ4v) is 2.06. The fourth-order valence-electron chi connectivity index (χ4n) is 2.06. The highest BCUT2D eigenvalue weighted by molar-refractivity contribution is 5.96. The largest absolute Gasteiger partial charge is 0.467 e. The molecule has 128 valence electrons. The third-order valence-corrected chi connectivity index (χ3v) is 3.14. The molecule has 0 saturated carbocycles. The van der Waals surface area contributed by atoms with Crippen LogP contribution in [-0.4, -0.2) is 36.6 Å². The minimum Gasteiger partial charge on any atom is -0.467 e. The normalized spacial score (nSPS) is 11.2. The highest BCUT2D eigenvalue weighted by Crippen LogP contribution is 2.20. The van der Waals surface area contributed by atoms with Gasteiger partial charge in [0.15, 0.2) is 0 Å². The Labute approximate surface area is 135 Å². The predicted molar refractivity (Wildman–Crippen MR) is 77.3 cm³/mol. The van der Waals surface area contributed by atoms with Crippen molar-refractivity contribution in [1.82, 2.24) is 4.90 Å². The van der Waals surface area contributed by atoms with Gasteiger partial charge in [0.05, 0.1) is 25.5 Å². The summed E-state index contributed by atoms with van der Waals surface area (Å²) in [6.07, 6.45) is -3.23. The van der Waals surface area contributed by atoms with E-state index in [2.05, 4.69) is 4.74 Å². The second-order valence-electron chi connectivity index (χ2n) is 4.92. The number of alkyl halides is 3. The molecule has 5 nitrogen and oxygen atoms in total. The molecule has 2 rings (SSSR count). The van der Waals surface area contributed by atoms with Gasteiger partial charge in [-0.2, -0.15) is 13.2 Å². The molecule has 0 aliphatic carbocycles. The first-order chi connectivity index (χ1) is 11.3. The van der Waals surface area contributed by atoms with Crippen LogP contribution in [0.1, 0.15) is 26.5 Å². The number of hydrogen-bond donors (Lipinski definition) is 0. The van der Waals surface area contributed by atoms with Crippen LogP contribution in [0.25, 0.3) is 0 Å². The predicted octanol–water partition coefficient (Wildman–Crippen LogP) is 3.27. The number of esters is 1.